The molecule has 200 valence electrons. The summed E-state index contributed by atoms with van der Waals surface area (Å²) in [6.07, 6.45) is 0.828. The molecule has 4 rings (SSSR count). The zero-order valence-electron chi connectivity index (χ0n) is 22.1. The summed E-state index contributed by atoms with van der Waals surface area (Å²) in [6.45, 7) is 4.92. The van der Waals surface area contributed by atoms with E-state index in [1.807, 2.05) is 41.8 Å². The molecule has 0 aliphatic carbocycles. The molecular formula is C28H33N5O4S. The number of amides is 2. The maximum atomic E-state index is 14.0. The van der Waals surface area contributed by atoms with Gasteiger partial charge in [-0.15, -0.1) is 16.4 Å². The van der Waals surface area contributed by atoms with Crippen molar-refractivity contribution in [3.63, 3.8) is 0 Å². The molecule has 9 nitrogen and oxygen atoms in total. The lowest BCUT2D eigenvalue weighted by molar-refractivity contribution is -0.142. The van der Waals surface area contributed by atoms with Crippen LogP contribution in [0.2, 0.25) is 0 Å². The third-order valence-corrected chi connectivity index (χ3v) is 7.10. The summed E-state index contributed by atoms with van der Waals surface area (Å²) in [7, 11) is 3.10. The van der Waals surface area contributed by atoms with E-state index in [0.29, 0.717) is 35.0 Å². The Labute approximate surface area is 226 Å². The average Bonchev–Trinajstić information content (AvgIpc) is 3.58. The predicted molar refractivity (Wildman–Crippen MR) is 147 cm³/mol. The maximum Gasteiger partial charge on any atom is 0.247 e. The van der Waals surface area contributed by atoms with Crippen LogP contribution in [0.25, 0.3) is 11.0 Å². The van der Waals surface area contributed by atoms with Gasteiger partial charge in [-0.2, -0.15) is 0 Å². The SMILES string of the molecule is COc1ccc([C@@H](C(=O)NCCC(C)C)N(Cc2cccs2)C(=O)Cn2nnc3ccccc32)cc1OC. The summed E-state index contributed by atoms with van der Waals surface area (Å²) < 4.78 is 12.5. The molecule has 0 bridgehead atoms. The molecule has 2 amide bonds. The number of ether oxygens (including phenoxy) is 2. The number of aromatic nitrogens is 3. The zero-order chi connectivity index (χ0) is 27.1. The van der Waals surface area contributed by atoms with Gasteiger partial charge in [0.05, 0.1) is 26.3 Å². The van der Waals surface area contributed by atoms with Crippen LogP contribution in [0.15, 0.2) is 60.0 Å². The molecule has 0 aliphatic heterocycles. The Morgan fingerprint density at radius 2 is 1.84 bits per heavy atom. The molecule has 2 aromatic carbocycles. The average molecular weight is 536 g/mol. The monoisotopic (exact) mass is 535 g/mol. The van der Waals surface area contributed by atoms with Gasteiger partial charge in [-0.1, -0.05) is 43.3 Å². The number of fused-ring (bicyclic) bond motifs is 1. The van der Waals surface area contributed by atoms with Crippen LogP contribution in [0, 0.1) is 5.92 Å². The Hall–Kier alpha value is -3.92. The number of carbonyl (C=O) groups is 2. The van der Waals surface area contributed by atoms with Crippen molar-refractivity contribution in [2.24, 2.45) is 5.92 Å². The van der Waals surface area contributed by atoms with E-state index in [2.05, 4.69) is 29.5 Å². The van der Waals surface area contributed by atoms with Gasteiger partial charge in [0.15, 0.2) is 11.5 Å². The lowest BCUT2D eigenvalue weighted by Gasteiger charge is -2.31. The van der Waals surface area contributed by atoms with Gasteiger partial charge >= 0.3 is 0 Å². The Bertz CT molecular complexity index is 1370. The molecule has 2 aromatic heterocycles. The number of methoxy groups -OCH3 is 2. The molecule has 38 heavy (non-hydrogen) atoms. The highest BCUT2D eigenvalue weighted by atomic mass is 32.1. The number of para-hydroxylation sites is 1. The molecule has 0 fully saturated rings. The van der Waals surface area contributed by atoms with Gasteiger partial charge in [0.25, 0.3) is 0 Å². The van der Waals surface area contributed by atoms with Crippen LogP contribution >= 0.6 is 11.3 Å². The molecule has 4 aromatic rings. The van der Waals surface area contributed by atoms with Crippen molar-refractivity contribution in [3.05, 3.63) is 70.4 Å². The fourth-order valence-electron chi connectivity index (χ4n) is 4.22. The summed E-state index contributed by atoms with van der Waals surface area (Å²) >= 11 is 1.53. The van der Waals surface area contributed by atoms with E-state index in [4.69, 9.17) is 9.47 Å². The van der Waals surface area contributed by atoms with E-state index in [0.717, 1.165) is 16.8 Å². The van der Waals surface area contributed by atoms with Crippen molar-refractivity contribution < 1.29 is 19.1 Å². The van der Waals surface area contributed by atoms with E-state index in [9.17, 15) is 9.59 Å². The van der Waals surface area contributed by atoms with Gasteiger partial charge in [-0.05, 0) is 53.6 Å². The van der Waals surface area contributed by atoms with E-state index in [1.165, 1.54) is 11.3 Å². The number of benzene rings is 2. The smallest absolute Gasteiger partial charge is 0.247 e. The molecule has 0 saturated heterocycles. The van der Waals surface area contributed by atoms with Crippen LogP contribution in [-0.2, 0) is 22.7 Å². The molecule has 0 unspecified atom stereocenters. The molecular weight excluding hydrogens is 502 g/mol. The quantitative estimate of drug-likeness (QED) is 0.288. The Morgan fingerprint density at radius 1 is 1.05 bits per heavy atom. The van der Waals surface area contributed by atoms with E-state index < -0.39 is 6.04 Å². The first kappa shape index (κ1) is 27.1. The second kappa shape index (κ2) is 12.6. The largest absolute Gasteiger partial charge is 0.493 e. The highest BCUT2D eigenvalue weighted by molar-refractivity contribution is 7.09. The zero-order valence-corrected chi connectivity index (χ0v) is 22.9. The molecule has 10 heteroatoms. The topological polar surface area (TPSA) is 98.6 Å². The van der Waals surface area contributed by atoms with Crippen molar-refractivity contribution in [2.75, 3.05) is 20.8 Å². The van der Waals surface area contributed by atoms with Crippen LogP contribution in [0.4, 0.5) is 0 Å². The highest BCUT2D eigenvalue weighted by Gasteiger charge is 2.33. The van der Waals surface area contributed by atoms with Crippen molar-refractivity contribution in [1.29, 1.82) is 0 Å². The van der Waals surface area contributed by atoms with Gasteiger partial charge in [-0.25, -0.2) is 4.68 Å². The number of thiophene rings is 1. The minimum atomic E-state index is -0.897. The summed E-state index contributed by atoms with van der Waals surface area (Å²) in [5, 5.41) is 13.4. The predicted octanol–water partition coefficient (Wildman–Crippen LogP) is 4.44. The number of rotatable bonds is 12. The molecule has 0 saturated carbocycles. The molecule has 0 radical (unpaired) electrons. The highest BCUT2D eigenvalue weighted by Crippen LogP contribution is 2.33. The lowest BCUT2D eigenvalue weighted by Crippen LogP contribution is -2.44. The van der Waals surface area contributed by atoms with Crippen molar-refractivity contribution in [2.45, 2.75) is 39.4 Å². The molecule has 0 spiro atoms. The summed E-state index contributed by atoms with van der Waals surface area (Å²) in [4.78, 5) is 30.3. The third-order valence-electron chi connectivity index (χ3n) is 6.24. The van der Waals surface area contributed by atoms with Crippen LogP contribution in [0.1, 0.15) is 36.8 Å². The number of nitrogens with zero attached hydrogens (tertiary/aromatic N) is 4. The maximum absolute atomic E-state index is 14.0. The first-order valence-corrected chi connectivity index (χ1v) is 13.4. The molecule has 2 heterocycles. The summed E-state index contributed by atoms with van der Waals surface area (Å²) in [6, 6.07) is 15.8. The van der Waals surface area contributed by atoms with Crippen LogP contribution < -0.4 is 14.8 Å². The number of hydrogen-bond acceptors (Lipinski definition) is 7. The fraction of sp³-hybridized carbons (Fsp3) is 0.357. The van der Waals surface area contributed by atoms with Crippen LogP contribution in [-0.4, -0.2) is 52.5 Å². The Morgan fingerprint density at radius 3 is 2.55 bits per heavy atom. The van der Waals surface area contributed by atoms with E-state index in [-0.39, 0.29) is 24.9 Å². The first-order chi connectivity index (χ1) is 18.4. The second-order valence-electron chi connectivity index (χ2n) is 9.33. The van der Waals surface area contributed by atoms with Gasteiger partial charge in [0.2, 0.25) is 11.8 Å². The lowest BCUT2D eigenvalue weighted by atomic mass is 10.0. The summed E-state index contributed by atoms with van der Waals surface area (Å²) in [5.74, 6) is 0.939. The second-order valence-corrected chi connectivity index (χ2v) is 10.4. The number of carbonyl (C=O) groups excluding carboxylic acids is 2. The van der Waals surface area contributed by atoms with Gasteiger partial charge in [-0.3, -0.25) is 9.59 Å². The number of hydrogen-bond donors (Lipinski definition) is 1. The van der Waals surface area contributed by atoms with Crippen molar-refractivity contribution in [3.8, 4) is 11.5 Å². The van der Waals surface area contributed by atoms with Crippen LogP contribution in [0.5, 0.6) is 11.5 Å². The normalized spacial score (nSPS) is 11.9. The minimum absolute atomic E-state index is 0.0606. The summed E-state index contributed by atoms with van der Waals surface area (Å²) in [5.41, 5.74) is 2.08. The fourth-order valence-corrected chi connectivity index (χ4v) is 4.93. The van der Waals surface area contributed by atoms with Gasteiger partial charge < -0.3 is 19.7 Å². The molecule has 1 atom stereocenters. The van der Waals surface area contributed by atoms with E-state index in [1.54, 1.807) is 42.0 Å². The van der Waals surface area contributed by atoms with E-state index >= 15 is 0 Å². The van der Waals surface area contributed by atoms with Crippen LogP contribution in [0.3, 0.4) is 0 Å². The first-order valence-electron chi connectivity index (χ1n) is 12.5. The Kier molecular flexibility index (Phi) is 8.96. The Balaban J connectivity index is 1.74. The van der Waals surface area contributed by atoms with Gasteiger partial charge in [0, 0.05) is 11.4 Å². The minimum Gasteiger partial charge on any atom is -0.493 e. The standard InChI is InChI=1S/C28H33N5O4S/c1-19(2)13-14-29-28(35)27(20-11-12-24(36-3)25(16-20)37-4)32(17-21-8-7-15-38-21)26(34)18-33-23-10-6-5-9-22(23)30-31-33/h5-12,15-16,19,27H,13-14,17-18H2,1-4H3,(H,29,35)/t27-/m0/s1. The number of nitrogens with one attached hydrogen (secondary N) is 1. The van der Waals surface area contributed by atoms with Crippen molar-refractivity contribution >= 4 is 34.2 Å². The third kappa shape index (κ3) is 6.31. The van der Waals surface area contributed by atoms with Gasteiger partial charge in [0.1, 0.15) is 18.1 Å². The molecule has 0 aliphatic rings. The molecule has 1 N–H and O–H groups in total. The van der Waals surface area contributed by atoms with Crippen molar-refractivity contribution in [1.82, 2.24) is 25.2 Å².